The SMILES string of the molecule is CC(=O)c1cn(C(N)=O)c2ccccc12.CN(C(=O)c1cc(C(F)(F)F)cc(C(F)(F)F)c1)C(CCCC(=O)O)Cc1c[nH]c2ccccc12. The number of aliphatic carboxylic acids is 1. The van der Waals surface area contributed by atoms with Crippen LogP contribution in [0.1, 0.15) is 63.6 Å². The number of carbonyl (C=O) groups excluding carboxylic acids is 3. The number of ketones is 1. The number of fused-ring (bicyclic) bond motifs is 2. The number of amides is 2. The molecule has 5 rings (SSSR count). The number of alkyl halides is 6. The number of aromatic nitrogens is 2. The predicted octanol–water partition coefficient (Wildman–Crippen LogP) is 7.91. The van der Waals surface area contributed by atoms with Crippen LogP contribution in [0.4, 0.5) is 31.1 Å². The second-order valence-electron chi connectivity index (χ2n) is 11.5. The Bertz CT molecular complexity index is 1970. The first-order valence-electron chi connectivity index (χ1n) is 15.1. The summed E-state index contributed by atoms with van der Waals surface area (Å²) >= 11 is 0. The van der Waals surface area contributed by atoms with Gasteiger partial charge in [-0.2, -0.15) is 26.3 Å². The predicted molar refractivity (Wildman–Crippen MR) is 173 cm³/mol. The maximum Gasteiger partial charge on any atom is 0.416 e. The third-order valence-electron chi connectivity index (χ3n) is 8.09. The molecule has 50 heavy (non-hydrogen) atoms. The molecule has 5 aromatic rings. The Morgan fingerprint density at radius 1 is 0.900 bits per heavy atom. The minimum atomic E-state index is -5.08. The van der Waals surface area contributed by atoms with Crippen LogP contribution < -0.4 is 5.73 Å². The molecule has 9 nitrogen and oxygen atoms in total. The van der Waals surface area contributed by atoms with Crippen molar-refractivity contribution in [2.24, 2.45) is 5.73 Å². The van der Waals surface area contributed by atoms with Crippen LogP contribution in [-0.2, 0) is 23.6 Å². The van der Waals surface area contributed by atoms with E-state index in [1.165, 1.54) is 24.7 Å². The third-order valence-corrected chi connectivity index (χ3v) is 8.09. The van der Waals surface area contributed by atoms with E-state index in [1.807, 2.05) is 24.3 Å². The summed E-state index contributed by atoms with van der Waals surface area (Å²) in [6.07, 6.45) is -6.62. The lowest BCUT2D eigenvalue weighted by molar-refractivity contribution is -0.143. The summed E-state index contributed by atoms with van der Waals surface area (Å²) in [4.78, 5) is 50.7. The van der Waals surface area contributed by atoms with E-state index in [0.29, 0.717) is 23.2 Å². The molecule has 2 heterocycles. The molecule has 2 aromatic heterocycles. The number of hydrogen-bond acceptors (Lipinski definition) is 4. The minimum absolute atomic E-state index is 0.0347. The molecule has 0 aliphatic rings. The Hall–Kier alpha value is -5.60. The molecule has 4 N–H and O–H groups in total. The second kappa shape index (κ2) is 14.9. The number of likely N-dealkylation sites (N-methyl/N-ethyl adjacent to an activating group) is 1. The van der Waals surface area contributed by atoms with Crippen LogP contribution in [0.25, 0.3) is 21.8 Å². The lowest BCUT2D eigenvalue weighted by Crippen LogP contribution is -2.39. The zero-order chi connectivity index (χ0) is 37.0. The van der Waals surface area contributed by atoms with Gasteiger partial charge in [0.15, 0.2) is 5.78 Å². The zero-order valence-electron chi connectivity index (χ0n) is 26.7. The number of nitrogens with one attached hydrogen (secondary N) is 1. The number of rotatable bonds is 9. The maximum atomic E-state index is 13.3. The first-order chi connectivity index (χ1) is 23.4. The summed E-state index contributed by atoms with van der Waals surface area (Å²) in [7, 11) is 1.29. The summed E-state index contributed by atoms with van der Waals surface area (Å²) < 4.78 is 80.8. The van der Waals surface area contributed by atoms with Crippen LogP contribution in [0.5, 0.6) is 0 Å². The van der Waals surface area contributed by atoms with E-state index in [2.05, 4.69) is 4.98 Å². The van der Waals surface area contributed by atoms with Gasteiger partial charge in [0.05, 0.1) is 16.6 Å². The molecule has 0 aliphatic carbocycles. The van der Waals surface area contributed by atoms with Crippen molar-refractivity contribution in [3.8, 4) is 0 Å². The molecule has 0 radical (unpaired) electrons. The number of carboxylic acid groups (broad SMARTS) is 1. The number of para-hydroxylation sites is 2. The number of benzene rings is 3. The average Bonchev–Trinajstić information content (AvgIpc) is 3.65. The molecular formula is C35H32F6N4O5. The number of carboxylic acids is 1. The van der Waals surface area contributed by atoms with Gasteiger partial charge in [-0.05, 0) is 62.1 Å². The van der Waals surface area contributed by atoms with Crippen molar-refractivity contribution < 1.29 is 50.6 Å². The smallest absolute Gasteiger partial charge is 0.416 e. The molecule has 1 unspecified atom stereocenters. The Kier molecular flexibility index (Phi) is 11.1. The Labute approximate surface area is 281 Å². The van der Waals surface area contributed by atoms with Crippen molar-refractivity contribution in [3.05, 3.63) is 107 Å². The van der Waals surface area contributed by atoms with Crippen LogP contribution in [0, 0.1) is 0 Å². The van der Waals surface area contributed by atoms with E-state index in [-0.39, 0.29) is 37.5 Å². The Morgan fingerprint density at radius 2 is 1.48 bits per heavy atom. The van der Waals surface area contributed by atoms with Crippen LogP contribution >= 0.6 is 0 Å². The zero-order valence-corrected chi connectivity index (χ0v) is 26.7. The van der Waals surface area contributed by atoms with E-state index in [4.69, 9.17) is 10.8 Å². The number of Topliss-reactive ketones (excluding diaryl/α,β-unsaturated/α-hetero) is 1. The number of H-pyrrole nitrogens is 1. The first-order valence-corrected chi connectivity index (χ1v) is 15.1. The summed E-state index contributed by atoms with van der Waals surface area (Å²) in [6.45, 7) is 1.47. The molecule has 0 saturated heterocycles. The number of nitrogens with zero attached hydrogens (tertiary/aromatic N) is 2. The number of nitrogens with two attached hydrogens (primary N) is 1. The van der Waals surface area contributed by atoms with Crippen LogP contribution in [0.3, 0.4) is 0 Å². The number of halogens is 6. The summed E-state index contributed by atoms with van der Waals surface area (Å²) in [5.74, 6) is -2.16. The molecule has 264 valence electrons. The van der Waals surface area contributed by atoms with Gasteiger partial charge in [-0.1, -0.05) is 36.4 Å². The van der Waals surface area contributed by atoms with Crippen molar-refractivity contribution >= 4 is 45.5 Å². The molecule has 2 amide bonds. The average molecular weight is 703 g/mol. The van der Waals surface area contributed by atoms with Gasteiger partial charge in [0.2, 0.25) is 0 Å². The second-order valence-corrected chi connectivity index (χ2v) is 11.5. The van der Waals surface area contributed by atoms with Gasteiger partial charge < -0.3 is 20.7 Å². The van der Waals surface area contributed by atoms with Gasteiger partial charge in [-0.3, -0.25) is 19.0 Å². The standard InChI is InChI=1S/C24H22F6N2O3.C11H10N2O2/c1-32(22(35)14-9-16(23(25,26)27)12-17(10-14)24(28,29)30)18(5-4-8-21(33)34)11-15-13-31-20-7-3-2-6-19(15)20;1-7(14)9-6-13(11(12)15)10-5-3-2-4-8(9)10/h2-3,6-7,9-10,12-13,18,31H,4-5,8,11H2,1H3,(H,33,34);2-6H,1H3,(H2,12,15). The molecule has 0 bridgehead atoms. The Balaban J connectivity index is 0.000000310. The van der Waals surface area contributed by atoms with Crippen molar-refractivity contribution in [1.82, 2.24) is 14.5 Å². The molecule has 0 aliphatic heterocycles. The summed E-state index contributed by atoms with van der Waals surface area (Å²) in [5, 5.41) is 10.6. The number of aromatic amines is 1. The fourth-order valence-electron chi connectivity index (χ4n) is 5.57. The van der Waals surface area contributed by atoms with Crippen LogP contribution in [0.15, 0.2) is 79.1 Å². The molecule has 0 spiro atoms. The number of hydrogen-bond donors (Lipinski definition) is 3. The highest BCUT2D eigenvalue weighted by atomic mass is 19.4. The van der Waals surface area contributed by atoms with Gasteiger partial charge in [-0.15, -0.1) is 0 Å². The molecule has 0 fully saturated rings. The van der Waals surface area contributed by atoms with E-state index < -0.39 is 53.0 Å². The lowest BCUT2D eigenvalue weighted by atomic mass is 9.97. The molecule has 15 heteroatoms. The normalized spacial score (nSPS) is 12.3. The van der Waals surface area contributed by atoms with Crippen LogP contribution in [-0.4, -0.2) is 56.3 Å². The van der Waals surface area contributed by atoms with E-state index in [0.717, 1.165) is 26.8 Å². The first kappa shape index (κ1) is 37.2. The highest BCUT2D eigenvalue weighted by Gasteiger charge is 2.38. The highest BCUT2D eigenvalue weighted by molar-refractivity contribution is 6.09. The number of primary amides is 1. The fourth-order valence-corrected chi connectivity index (χ4v) is 5.57. The van der Waals surface area contributed by atoms with Crippen molar-refractivity contribution in [2.75, 3.05) is 7.05 Å². The maximum absolute atomic E-state index is 13.3. The minimum Gasteiger partial charge on any atom is -0.481 e. The molecule has 3 aromatic carbocycles. The summed E-state index contributed by atoms with van der Waals surface area (Å²) in [5.41, 5.74) is 4.06. The van der Waals surface area contributed by atoms with Crippen molar-refractivity contribution in [2.45, 2.75) is 51.0 Å². The highest BCUT2D eigenvalue weighted by Crippen LogP contribution is 2.37. The Morgan fingerprint density at radius 3 is 2.04 bits per heavy atom. The lowest BCUT2D eigenvalue weighted by Gasteiger charge is -2.29. The fraction of sp³-hybridized carbons (Fsp3) is 0.257. The quantitative estimate of drug-likeness (QED) is 0.106. The van der Waals surface area contributed by atoms with Crippen LogP contribution in [0.2, 0.25) is 0 Å². The van der Waals surface area contributed by atoms with Gasteiger partial charge in [-0.25, -0.2) is 4.79 Å². The van der Waals surface area contributed by atoms with E-state index in [9.17, 15) is 45.5 Å². The van der Waals surface area contributed by atoms with Crippen molar-refractivity contribution in [3.63, 3.8) is 0 Å². The van der Waals surface area contributed by atoms with Gasteiger partial charge in [0.25, 0.3) is 5.91 Å². The van der Waals surface area contributed by atoms with Crippen molar-refractivity contribution in [1.29, 1.82) is 0 Å². The van der Waals surface area contributed by atoms with E-state index >= 15 is 0 Å². The molecule has 1 atom stereocenters. The molecular weight excluding hydrogens is 670 g/mol. The number of carbonyl (C=O) groups is 4. The molecule has 0 saturated carbocycles. The van der Waals surface area contributed by atoms with Gasteiger partial charge in [0.1, 0.15) is 0 Å². The monoisotopic (exact) mass is 702 g/mol. The van der Waals surface area contributed by atoms with Gasteiger partial charge >= 0.3 is 24.4 Å². The third kappa shape index (κ3) is 8.70. The topological polar surface area (TPSA) is 138 Å². The van der Waals surface area contributed by atoms with Gasteiger partial charge in [0, 0.05) is 59.3 Å². The summed E-state index contributed by atoms with van der Waals surface area (Å²) in [6, 6.07) is 13.9. The largest absolute Gasteiger partial charge is 0.481 e. The van der Waals surface area contributed by atoms with E-state index in [1.54, 1.807) is 30.5 Å².